The highest BCUT2D eigenvalue weighted by atomic mass is 35.5. The first-order valence-electron chi connectivity index (χ1n) is 7.75. The van der Waals surface area contributed by atoms with Crippen molar-refractivity contribution in [3.05, 3.63) is 59.1 Å². The van der Waals surface area contributed by atoms with Crippen LogP contribution in [0.3, 0.4) is 0 Å². The number of halogens is 1. The Labute approximate surface area is 151 Å². The Morgan fingerprint density at radius 2 is 1.84 bits per heavy atom. The molecule has 0 aliphatic heterocycles. The number of amides is 2. The summed E-state index contributed by atoms with van der Waals surface area (Å²) in [6.07, 6.45) is 0. The molecular weight excluding hydrogens is 342 g/mol. The first-order chi connectivity index (χ1) is 12.1. The molecule has 0 radical (unpaired) electrons. The molecule has 2 aromatic carbocycles. The van der Waals surface area contributed by atoms with Crippen LogP contribution in [0.25, 0.3) is 0 Å². The zero-order chi connectivity index (χ0) is 18.1. The Morgan fingerprint density at radius 3 is 2.52 bits per heavy atom. The molecule has 0 unspecified atom stereocenters. The molecule has 2 amide bonds. The topological polar surface area (TPSA) is 79.5 Å². The van der Waals surface area contributed by atoms with Crippen molar-refractivity contribution in [2.24, 2.45) is 0 Å². The lowest BCUT2D eigenvalue weighted by molar-refractivity contribution is -0.114. The number of rotatable bonds is 8. The molecule has 0 fully saturated rings. The van der Waals surface area contributed by atoms with Crippen LogP contribution in [0.5, 0.6) is 0 Å². The molecule has 0 spiro atoms. The number of methoxy groups -OCH3 is 1. The zero-order valence-corrected chi connectivity index (χ0v) is 14.6. The van der Waals surface area contributed by atoms with Crippen LogP contribution in [0, 0.1) is 0 Å². The fourth-order valence-corrected chi connectivity index (χ4v) is 2.25. The molecule has 0 aliphatic carbocycles. The molecule has 2 aromatic rings. The molecule has 3 N–H and O–H groups in total. The van der Waals surface area contributed by atoms with Crippen LogP contribution >= 0.6 is 11.6 Å². The number of hydrogen-bond donors (Lipinski definition) is 3. The molecule has 0 aromatic heterocycles. The van der Waals surface area contributed by atoms with Gasteiger partial charge in [0.2, 0.25) is 5.91 Å². The summed E-state index contributed by atoms with van der Waals surface area (Å²) in [7, 11) is 1.58. The molecule has 2 rings (SSSR count). The maximum Gasteiger partial charge on any atom is 0.251 e. The summed E-state index contributed by atoms with van der Waals surface area (Å²) in [6, 6.07) is 13.8. The van der Waals surface area contributed by atoms with Crippen LogP contribution in [0.15, 0.2) is 48.5 Å². The minimum Gasteiger partial charge on any atom is -0.383 e. The van der Waals surface area contributed by atoms with E-state index in [9.17, 15) is 9.59 Å². The number of benzene rings is 2. The second kappa shape index (κ2) is 9.66. The maximum absolute atomic E-state index is 11.9. The van der Waals surface area contributed by atoms with Gasteiger partial charge < -0.3 is 20.7 Å². The van der Waals surface area contributed by atoms with Crippen molar-refractivity contribution in [3.63, 3.8) is 0 Å². The van der Waals surface area contributed by atoms with Gasteiger partial charge in [-0.05, 0) is 42.5 Å². The summed E-state index contributed by atoms with van der Waals surface area (Å²) in [5.41, 5.74) is 1.93. The monoisotopic (exact) mass is 361 g/mol. The molecule has 132 valence electrons. The molecule has 6 nitrogen and oxygen atoms in total. The van der Waals surface area contributed by atoms with Gasteiger partial charge in [0.1, 0.15) is 0 Å². The van der Waals surface area contributed by atoms with Gasteiger partial charge in [-0.25, -0.2) is 0 Å². The van der Waals surface area contributed by atoms with Crippen molar-refractivity contribution in [3.8, 4) is 0 Å². The van der Waals surface area contributed by atoms with E-state index in [4.69, 9.17) is 16.3 Å². The largest absolute Gasteiger partial charge is 0.383 e. The quantitative estimate of drug-likeness (QED) is 0.632. The molecule has 0 bridgehead atoms. The van der Waals surface area contributed by atoms with Crippen LogP contribution in [-0.4, -0.2) is 38.6 Å². The standard InChI is InChI=1S/C18H20ClN3O3/c1-25-10-9-20-18(24)13-5-7-15(8-6-13)21-12-17(23)22-16-4-2-3-14(19)11-16/h2-8,11,21H,9-10,12H2,1H3,(H,20,24)(H,22,23). The highest BCUT2D eigenvalue weighted by molar-refractivity contribution is 6.30. The van der Waals surface area contributed by atoms with E-state index in [-0.39, 0.29) is 18.4 Å². The van der Waals surface area contributed by atoms with Crippen molar-refractivity contribution < 1.29 is 14.3 Å². The van der Waals surface area contributed by atoms with Crippen molar-refractivity contribution in [1.29, 1.82) is 0 Å². The van der Waals surface area contributed by atoms with Gasteiger partial charge in [0.05, 0.1) is 13.2 Å². The van der Waals surface area contributed by atoms with Crippen molar-refractivity contribution in [1.82, 2.24) is 5.32 Å². The first-order valence-corrected chi connectivity index (χ1v) is 8.13. The molecule has 0 heterocycles. The average Bonchev–Trinajstić information content (AvgIpc) is 2.60. The molecule has 0 saturated carbocycles. The Kier molecular flexibility index (Phi) is 7.25. The van der Waals surface area contributed by atoms with Gasteiger partial charge >= 0.3 is 0 Å². The summed E-state index contributed by atoms with van der Waals surface area (Å²) in [5, 5.41) is 9.05. The third-order valence-electron chi connectivity index (χ3n) is 3.30. The van der Waals surface area contributed by atoms with Crippen molar-refractivity contribution in [2.75, 3.05) is 37.4 Å². The number of anilines is 2. The molecule has 7 heteroatoms. The van der Waals surface area contributed by atoms with Gasteiger partial charge in [0.25, 0.3) is 5.91 Å². The third kappa shape index (κ3) is 6.45. The molecule has 0 aliphatic rings. The average molecular weight is 362 g/mol. The lowest BCUT2D eigenvalue weighted by Crippen LogP contribution is -2.26. The van der Waals surface area contributed by atoms with E-state index >= 15 is 0 Å². The number of carbonyl (C=O) groups excluding carboxylic acids is 2. The predicted molar refractivity (Wildman–Crippen MR) is 99.2 cm³/mol. The van der Waals surface area contributed by atoms with E-state index in [1.54, 1.807) is 55.6 Å². The van der Waals surface area contributed by atoms with Gasteiger partial charge in [-0.2, -0.15) is 0 Å². The van der Waals surface area contributed by atoms with E-state index in [1.807, 2.05) is 0 Å². The first kappa shape index (κ1) is 18.8. The third-order valence-corrected chi connectivity index (χ3v) is 3.54. The summed E-state index contributed by atoms with van der Waals surface area (Å²) >= 11 is 5.88. The maximum atomic E-state index is 11.9. The van der Waals surface area contributed by atoms with Crippen molar-refractivity contribution in [2.45, 2.75) is 0 Å². The Balaban J connectivity index is 1.80. The predicted octanol–water partition coefficient (Wildman–Crippen LogP) is 2.77. The Morgan fingerprint density at radius 1 is 1.08 bits per heavy atom. The highest BCUT2D eigenvalue weighted by Gasteiger charge is 2.06. The minimum absolute atomic E-state index is 0.103. The second-order valence-corrected chi connectivity index (χ2v) is 5.67. The second-order valence-electron chi connectivity index (χ2n) is 5.24. The van der Waals surface area contributed by atoms with E-state index in [2.05, 4.69) is 16.0 Å². The van der Waals surface area contributed by atoms with Crippen LogP contribution in [0.2, 0.25) is 5.02 Å². The van der Waals surface area contributed by atoms with Crippen LogP contribution < -0.4 is 16.0 Å². The highest BCUT2D eigenvalue weighted by Crippen LogP contribution is 2.15. The zero-order valence-electron chi connectivity index (χ0n) is 13.8. The lowest BCUT2D eigenvalue weighted by Gasteiger charge is -2.09. The SMILES string of the molecule is COCCNC(=O)c1ccc(NCC(=O)Nc2cccc(Cl)c2)cc1. The van der Waals surface area contributed by atoms with Gasteiger partial charge in [0.15, 0.2) is 0 Å². The number of ether oxygens (including phenoxy) is 1. The van der Waals surface area contributed by atoms with Gasteiger partial charge in [0, 0.05) is 35.6 Å². The van der Waals surface area contributed by atoms with E-state index < -0.39 is 0 Å². The summed E-state index contributed by atoms with van der Waals surface area (Å²) in [6.45, 7) is 1.03. The van der Waals surface area contributed by atoms with Crippen LogP contribution in [0.4, 0.5) is 11.4 Å². The Hall–Kier alpha value is -2.57. The van der Waals surface area contributed by atoms with Crippen LogP contribution in [0.1, 0.15) is 10.4 Å². The fourth-order valence-electron chi connectivity index (χ4n) is 2.06. The van der Waals surface area contributed by atoms with Gasteiger partial charge in [-0.3, -0.25) is 9.59 Å². The van der Waals surface area contributed by atoms with Gasteiger partial charge in [-0.1, -0.05) is 17.7 Å². The number of nitrogens with one attached hydrogen (secondary N) is 3. The summed E-state index contributed by atoms with van der Waals surface area (Å²) in [5.74, 6) is -0.356. The molecule has 0 atom stereocenters. The fraction of sp³-hybridized carbons (Fsp3) is 0.222. The van der Waals surface area contributed by atoms with E-state index in [0.717, 1.165) is 5.69 Å². The number of carbonyl (C=O) groups is 2. The van der Waals surface area contributed by atoms with Crippen molar-refractivity contribution >= 4 is 34.8 Å². The van der Waals surface area contributed by atoms with Gasteiger partial charge in [-0.15, -0.1) is 0 Å². The normalized spacial score (nSPS) is 10.2. The minimum atomic E-state index is -0.191. The van der Waals surface area contributed by atoms with E-state index in [0.29, 0.717) is 29.4 Å². The Bertz CT molecular complexity index is 720. The van der Waals surface area contributed by atoms with Crippen LogP contribution in [-0.2, 0) is 9.53 Å². The van der Waals surface area contributed by atoms with E-state index in [1.165, 1.54) is 0 Å². The lowest BCUT2D eigenvalue weighted by atomic mass is 10.2. The number of hydrogen-bond acceptors (Lipinski definition) is 4. The molecule has 0 saturated heterocycles. The molecular formula is C18H20ClN3O3. The summed E-state index contributed by atoms with van der Waals surface area (Å²) < 4.78 is 4.88. The smallest absolute Gasteiger partial charge is 0.251 e. The summed E-state index contributed by atoms with van der Waals surface area (Å²) in [4.78, 5) is 23.8. The molecule has 25 heavy (non-hydrogen) atoms.